The highest BCUT2D eigenvalue weighted by atomic mass is 35.5. The number of unbranched alkanes of at least 4 members (excludes halogenated alkanes) is 20. The lowest BCUT2D eigenvalue weighted by atomic mass is 10.1. The maximum atomic E-state index is 13.1. The smallest absolute Gasteiger partial charge is 0.343 e. The molecule has 0 amide bonds. The van der Waals surface area contributed by atoms with Crippen LogP contribution in [0.2, 0.25) is 5.02 Å². The Labute approximate surface area is 541 Å². The van der Waals surface area contributed by atoms with Gasteiger partial charge in [0.2, 0.25) is 0 Å². The molecule has 0 aromatic heterocycles. The molecular formula is C76H87ClO14. The standard InChI is InChI=1S/C76H87ClO14/c1-3-5-7-9-10-11-13-18-21-25-54-86-71-50-37-61(55-70(71)77)76(82)89-66-44-35-60(36-45-66)75(81)91-69-28-26-27-68(56-69)90-74(80)59-33-42-65(43-34-59)87-72(78)57-29-40-63(41-30-57)84-52-23-19-16-14-12-15-17-20-24-53-85-64-46-48-67(49-47-64)88-73(79)58-31-38-62(39-32-58)83-51-22-8-6-4-2/h26-50,55-56H,3-25,51-54H2,1-2H3. The third kappa shape index (κ3) is 26.0. The lowest BCUT2D eigenvalue weighted by Gasteiger charge is -2.10. The zero-order chi connectivity index (χ0) is 64.1. The van der Waals surface area contributed by atoms with Crippen molar-refractivity contribution < 1.29 is 66.6 Å². The van der Waals surface area contributed by atoms with Crippen LogP contribution in [0.3, 0.4) is 0 Å². The fraction of sp³-hybridized carbons (Fsp3) is 0.382. The van der Waals surface area contributed by atoms with Crippen LogP contribution in [-0.2, 0) is 0 Å². The summed E-state index contributed by atoms with van der Waals surface area (Å²) in [5.41, 5.74) is 1.45. The van der Waals surface area contributed by atoms with E-state index in [0.29, 0.717) is 59.8 Å². The summed E-state index contributed by atoms with van der Waals surface area (Å²) in [5.74, 6) is 0.877. The zero-order valence-corrected chi connectivity index (χ0v) is 53.5. The van der Waals surface area contributed by atoms with E-state index in [1.165, 1.54) is 144 Å². The second kappa shape index (κ2) is 40.2. The van der Waals surface area contributed by atoms with Crippen molar-refractivity contribution in [2.75, 3.05) is 26.4 Å². The Morgan fingerprint density at radius 1 is 0.264 bits per heavy atom. The van der Waals surface area contributed by atoms with Crippen LogP contribution in [0.5, 0.6) is 51.7 Å². The molecule has 482 valence electrons. The van der Waals surface area contributed by atoms with Crippen LogP contribution < -0.4 is 42.6 Å². The Hall–Kier alpha value is -8.62. The molecule has 0 aliphatic heterocycles. The van der Waals surface area contributed by atoms with Crippen LogP contribution in [0.15, 0.2) is 164 Å². The maximum Gasteiger partial charge on any atom is 0.343 e. The summed E-state index contributed by atoms with van der Waals surface area (Å²) < 4.78 is 51.3. The minimum atomic E-state index is -0.685. The molecule has 7 aromatic carbocycles. The average Bonchev–Trinajstić information content (AvgIpc) is 3.56. The molecule has 0 radical (unpaired) electrons. The number of ether oxygens (including phenoxy) is 9. The van der Waals surface area contributed by atoms with Crippen LogP contribution in [0.25, 0.3) is 0 Å². The predicted molar refractivity (Wildman–Crippen MR) is 354 cm³/mol. The van der Waals surface area contributed by atoms with Crippen LogP contribution in [0.1, 0.15) is 213 Å². The van der Waals surface area contributed by atoms with E-state index in [4.69, 9.17) is 54.2 Å². The van der Waals surface area contributed by atoms with E-state index < -0.39 is 29.8 Å². The molecule has 0 spiro atoms. The number of esters is 5. The van der Waals surface area contributed by atoms with Gasteiger partial charge in [0.1, 0.15) is 51.7 Å². The van der Waals surface area contributed by atoms with Crippen LogP contribution >= 0.6 is 11.6 Å². The van der Waals surface area contributed by atoms with E-state index in [-0.39, 0.29) is 39.7 Å². The van der Waals surface area contributed by atoms with Crippen molar-refractivity contribution in [3.8, 4) is 51.7 Å². The number of benzene rings is 7. The monoisotopic (exact) mass is 1260 g/mol. The summed E-state index contributed by atoms with van der Waals surface area (Å²) in [7, 11) is 0. The summed E-state index contributed by atoms with van der Waals surface area (Å²) >= 11 is 6.45. The molecule has 0 unspecified atom stereocenters. The van der Waals surface area contributed by atoms with Gasteiger partial charge in [-0.3, -0.25) is 0 Å². The summed E-state index contributed by atoms with van der Waals surface area (Å²) in [5, 5.41) is 0.314. The first-order valence-corrected chi connectivity index (χ1v) is 32.9. The number of carbonyl (C=O) groups excluding carboxylic acids is 5. The molecule has 0 saturated heterocycles. The van der Waals surface area contributed by atoms with Crippen molar-refractivity contribution in [2.24, 2.45) is 0 Å². The number of carbonyl (C=O) groups is 5. The lowest BCUT2D eigenvalue weighted by molar-refractivity contribution is 0.0720. The number of rotatable bonds is 42. The molecule has 0 bridgehead atoms. The van der Waals surface area contributed by atoms with E-state index in [1.54, 1.807) is 91.0 Å². The first kappa shape index (κ1) is 69.8. The largest absolute Gasteiger partial charge is 0.494 e. The van der Waals surface area contributed by atoms with Crippen LogP contribution in [-0.4, -0.2) is 56.3 Å². The first-order chi connectivity index (χ1) is 44.5. The number of hydrogen-bond acceptors (Lipinski definition) is 14. The third-order valence-corrected chi connectivity index (χ3v) is 15.4. The van der Waals surface area contributed by atoms with Gasteiger partial charge in [0.25, 0.3) is 0 Å². The predicted octanol–water partition coefficient (Wildman–Crippen LogP) is 19.7. The van der Waals surface area contributed by atoms with Gasteiger partial charge in [0, 0.05) is 6.07 Å². The Morgan fingerprint density at radius 3 is 0.857 bits per heavy atom. The van der Waals surface area contributed by atoms with Gasteiger partial charge in [-0.1, -0.05) is 154 Å². The molecule has 0 N–H and O–H groups in total. The van der Waals surface area contributed by atoms with E-state index in [1.807, 2.05) is 12.1 Å². The highest BCUT2D eigenvalue weighted by Crippen LogP contribution is 2.29. The van der Waals surface area contributed by atoms with E-state index in [2.05, 4.69) is 13.8 Å². The van der Waals surface area contributed by atoms with Gasteiger partial charge < -0.3 is 42.6 Å². The summed E-state index contributed by atoms with van der Waals surface area (Å²) in [6.45, 7) is 6.85. The SMILES string of the molecule is CCCCCCCCCCCCOc1ccc(C(=O)Oc2ccc(C(=O)Oc3cccc(OC(=O)c4ccc(OC(=O)c5ccc(OCCCCCCCCCCCOc6ccc(OC(=O)c7ccc(OCCCCCC)cc7)cc6)cc5)cc4)c3)cc2)cc1Cl. The highest BCUT2D eigenvalue weighted by Gasteiger charge is 2.17. The van der Waals surface area contributed by atoms with Crippen molar-refractivity contribution in [1.29, 1.82) is 0 Å². The van der Waals surface area contributed by atoms with Gasteiger partial charge in [-0.15, -0.1) is 0 Å². The molecule has 0 heterocycles. The Morgan fingerprint density at radius 2 is 0.516 bits per heavy atom. The van der Waals surface area contributed by atoms with Crippen molar-refractivity contribution in [2.45, 2.75) is 162 Å². The minimum Gasteiger partial charge on any atom is -0.494 e. The van der Waals surface area contributed by atoms with Gasteiger partial charge in [-0.25, -0.2) is 24.0 Å². The average molecular weight is 1260 g/mol. The molecule has 15 heteroatoms. The van der Waals surface area contributed by atoms with Crippen LogP contribution in [0.4, 0.5) is 0 Å². The van der Waals surface area contributed by atoms with Gasteiger partial charge in [-0.2, -0.15) is 0 Å². The van der Waals surface area contributed by atoms with Crippen molar-refractivity contribution in [1.82, 2.24) is 0 Å². The molecule has 7 aromatic rings. The maximum absolute atomic E-state index is 13.1. The van der Waals surface area contributed by atoms with Crippen LogP contribution in [0, 0.1) is 0 Å². The van der Waals surface area contributed by atoms with Gasteiger partial charge in [-0.05, 0) is 177 Å². The fourth-order valence-electron chi connectivity index (χ4n) is 9.78. The fourth-order valence-corrected chi connectivity index (χ4v) is 10.0. The molecule has 0 atom stereocenters. The normalized spacial score (nSPS) is 10.9. The van der Waals surface area contributed by atoms with Crippen molar-refractivity contribution in [3.63, 3.8) is 0 Å². The third-order valence-electron chi connectivity index (χ3n) is 15.1. The quantitative estimate of drug-likeness (QED) is 0.0201. The van der Waals surface area contributed by atoms with Gasteiger partial charge in [0.05, 0.1) is 59.3 Å². The number of hydrogen-bond donors (Lipinski definition) is 0. The lowest BCUT2D eigenvalue weighted by Crippen LogP contribution is -2.11. The molecule has 0 saturated carbocycles. The first-order valence-electron chi connectivity index (χ1n) is 32.6. The molecule has 0 aliphatic rings. The second-order valence-electron chi connectivity index (χ2n) is 22.5. The second-order valence-corrected chi connectivity index (χ2v) is 22.9. The van der Waals surface area contributed by atoms with Gasteiger partial charge in [0.15, 0.2) is 0 Å². The molecular weight excluding hydrogens is 1170 g/mol. The molecule has 0 aliphatic carbocycles. The highest BCUT2D eigenvalue weighted by molar-refractivity contribution is 6.32. The topological polar surface area (TPSA) is 168 Å². The Kier molecular flexibility index (Phi) is 30.8. The van der Waals surface area contributed by atoms with E-state index >= 15 is 0 Å². The Bertz CT molecular complexity index is 3290. The van der Waals surface area contributed by atoms with E-state index in [9.17, 15) is 24.0 Å². The summed E-state index contributed by atoms with van der Waals surface area (Å²) in [6.07, 6.45) is 26.8. The Balaban J connectivity index is 0.697. The summed E-state index contributed by atoms with van der Waals surface area (Å²) in [6, 6.07) is 43.7. The molecule has 14 nitrogen and oxygen atoms in total. The minimum absolute atomic E-state index is 0.132. The summed E-state index contributed by atoms with van der Waals surface area (Å²) in [4.78, 5) is 64.7. The zero-order valence-electron chi connectivity index (χ0n) is 52.8. The molecule has 91 heavy (non-hydrogen) atoms. The molecule has 7 rings (SSSR count). The van der Waals surface area contributed by atoms with Crippen molar-refractivity contribution in [3.05, 3.63) is 197 Å². The number of halogens is 1. The van der Waals surface area contributed by atoms with E-state index in [0.717, 1.165) is 75.7 Å². The van der Waals surface area contributed by atoms with Gasteiger partial charge >= 0.3 is 29.8 Å². The molecule has 0 fully saturated rings. The van der Waals surface area contributed by atoms with Crippen molar-refractivity contribution >= 4 is 41.4 Å².